The predicted octanol–water partition coefficient (Wildman–Crippen LogP) is 2.03. The first-order valence-electron chi connectivity index (χ1n) is 6.46. The minimum absolute atomic E-state index is 0.0472. The number of benzene rings is 1. The van der Waals surface area contributed by atoms with Crippen LogP contribution in [0.4, 0.5) is 5.69 Å². The van der Waals surface area contributed by atoms with Crippen molar-refractivity contribution >= 4 is 5.69 Å². The van der Waals surface area contributed by atoms with Crippen molar-refractivity contribution in [1.82, 2.24) is 14.8 Å². The Labute approximate surface area is 116 Å². The molecule has 0 aliphatic carbocycles. The number of nitrogens with two attached hydrogens (primary N) is 1. The summed E-state index contributed by atoms with van der Waals surface area (Å²) in [7, 11) is 0. The number of rotatable bonds is 5. The SMILES string of the molecule is CCCn1c(CN)nnc1-c1cc([N+](=O)[O-])ccc1C. The van der Waals surface area contributed by atoms with E-state index in [-0.39, 0.29) is 5.69 Å². The van der Waals surface area contributed by atoms with Gasteiger partial charge in [0.1, 0.15) is 5.82 Å². The third-order valence-electron chi connectivity index (χ3n) is 3.13. The number of nitro benzene ring substituents is 1. The van der Waals surface area contributed by atoms with E-state index < -0.39 is 4.92 Å². The highest BCUT2D eigenvalue weighted by Gasteiger charge is 2.17. The molecule has 2 N–H and O–H groups in total. The molecule has 0 aliphatic heterocycles. The van der Waals surface area contributed by atoms with Gasteiger partial charge in [0.25, 0.3) is 5.69 Å². The van der Waals surface area contributed by atoms with Crippen LogP contribution < -0.4 is 5.73 Å². The van der Waals surface area contributed by atoms with Crippen LogP contribution in [0, 0.1) is 17.0 Å². The second kappa shape index (κ2) is 5.79. The van der Waals surface area contributed by atoms with Crippen LogP contribution in [0.5, 0.6) is 0 Å². The fourth-order valence-corrected chi connectivity index (χ4v) is 2.11. The number of nitro groups is 1. The van der Waals surface area contributed by atoms with E-state index in [9.17, 15) is 10.1 Å². The molecular formula is C13H17N5O2. The van der Waals surface area contributed by atoms with Crippen molar-refractivity contribution in [3.8, 4) is 11.4 Å². The summed E-state index contributed by atoms with van der Waals surface area (Å²) in [5, 5.41) is 19.1. The molecule has 0 amide bonds. The fraction of sp³-hybridized carbons (Fsp3) is 0.385. The maximum atomic E-state index is 10.9. The van der Waals surface area contributed by atoms with Crippen molar-refractivity contribution in [1.29, 1.82) is 0 Å². The molecule has 1 heterocycles. The largest absolute Gasteiger partial charge is 0.324 e. The Balaban J connectivity index is 2.58. The molecule has 1 aromatic carbocycles. The second-order valence-corrected chi connectivity index (χ2v) is 4.55. The first-order chi connectivity index (χ1) is 9.58. The lowest BCUT2D eigenvalue weighted by Crippen LogP contribution is -2.09. The van der Waals surface area contributed by atoms with E-state index in [4.69, 9.17) is 5.73 Å². The van der Waals surface area contributed by atoms with Gasteiger partial charge in [-0.05, 0) is 18.9 Å². The minimum Gasteiger partial charge on any atom is -0.324 e. The van der Waals surface area contributed by atoms with E-state index in [0.29, 0.717) is 18.2 Å². The molecule has 0 atom stereocenters. The average molecular weight is 275 g/mol. The standard InChI is InChI=1S/C13H17N5O2/c1-3-6-17-12(8-14)15-16-13(17)11-7-10(18(19)20)5-4-9(11)2/h4-5,7H,3,6,8,14H2,1-2H3. The molecule has 0 bridgehead atoms. The summed E-state index contributed by atoms with van der Waals surface area (Å²) < 4.78 is 1.92. The highest BCUT2D eigenvalue weighted by Crippen LogP contribution is 2.27. The van der Waals surface area contributed by atoms with Gasteiger partial charge in [0, 0.05) is 24.2 Å². The Hall–Kier alpha value is -2.28. The van der Waals surface area contributed by atoms with Gasteiger partial charge in [0.15, 0.2) is 5.82 Å². The van der Waals surface area contributed by atoms with Crippen LogP contribution in [0.15, 0.2) is 18.2 Å². The van der Waals surface area contributed by atoms with E-state index in [2.05, 4.69) is 10.2 Å². The summed E-state index contributed by atoms with van der Waals surface area (Å²) in [6.45, 7) is 4.97. The lowest BCUT2D eigenvalue weighted by molar-refractivity contribution is -0.384. The van der Waals surface area contributed by atoms with Gasteiger partial charge in [0.05, 0.1) is 11.5 Å². The normalized spacial score (nSPS) is 10.8. The van der Waals surface area contributed by atoms with Gasteiger partial charge in [-0.1, -0.05) is 13.0 Å². The third kappa shape index (κ3) is 2.53. The van der Waals surface area contributed by atoms with Crippen LogP contribution in [0.1, 0.15) is 24.7 Å². The molecule has 2 rings (SSSR count). The smallest absolute Gasteiger partial charge is 0.270 e. The molecule has 7 nitrogen and oxygen atoms in total. The zero-order valence-electron chi connectivity index (χ0n) is 11.5. The van der Waals surface area contributed by atoms with E-state index in [1.165, 1.54) is 12.1 Å². The minimum atomic E-state index is -0.409. The highest BCUT2D eigenvalue weighted by atomic mass is 16.6. The van der Waals surface area contributed by atoms with E-state index in [1.807, 2.05) is 18.4 Å². The van der Waals surface area contributed by atoms with Crippen molar-refractivity contribution in [3.63, 3.8) is 0 Å². The molecule has 0 spiro atoms. The molecule has 0 radical (unpaired) electrons. The maximum Gasteiger partial charge on any atom is 0.270 e. The van der Waals surface area contributed by atoms with Crippen LogP contribution in [0.3, 0.4) is 0 Å². The van der Waals surface area contributed by atoms with Gasteiger partial charge in [0.2, 0.25) is 0 Å². The average Bonchev–Trinajstić information content (AvgIpc) is 2.82. The van der Waals surface area contributed by atoms with Crippen molar-refractivity contribution in [3.05, 3.63) is 39.7 Å². The van der Waals surface area contributed by atoms with E-state index in [0.717, 1.165) is 24.1 Å². The summed E-state index contributed by atoms with van der Waals surface area (Å²) in [6, 6.07) is 4.75. The molecule has 7 heteroatoms. The van der Waals surface area contributed by atoms with Crippen LogP contribution in [0.25, 0.3) is 11.4 Å². The summed E-state index contributed by atoms with van der Waals surface area (Å²) in [4.78, 5) is 10.5. The zero-order valence-corrected chi connectivity index (χ0v) is 11.5. The van der Waals surface area contributed by atoms with Crippen molar-refractivity contribution in [2.45, 2.75) is 33.4 Å². The second-order valence-electron chi connectivity index (χ2n) is 4.55. The molecule has 0 fully saturated rings. The summed E-state index contributed by atoms with van der Waals surface area (Å²) >= 11 is 0. The predicted molar refractivity (Wildman–Crippen MR) is 75.0 cm³/mol. The lowest BCUT2D eigenvalue weighted by Gasteiger charge is -2.09. The van der Waals surface area contributed by atoms with Gasteiger partial charge in [-0.25, -0.2) is 0 Å². The van der Waals surface area contributed by atoms with Crippen molar-refractivity contribution in [2.75, 3.05) is 0 Å². The van der Waals surface area contributed by atoms with Crippen LogP contribution in [-0.4, -0.2) is 19.7 Å². The van der Waals surface area contributed by atoms with Crippen LogP contribution >= 0.6 is 0 Å². The maximum absolute atomic E-state index is 10.9. The molecule has 0 unspecified atom stereocenters. The molecular weight excluding hydrogens is 258 g/mol. The van der Waals surface area contributed by atoms with Gasteiger partial charge < -0.3 is 10.3 Å². The fourth-order valence-electron chi connectivity index (χ4n) is 2.11. The molecule has 0 aliphatic rings. The lowest BCUT2D eigenvalue weighted by atomic mass is 10.1. The first-order valence-corrected chi connectivity index (χ1v) is 6.46. The Bertz CT molecular complexity index is 636. The quantitative estimate of drug-likeness (QED) is 0.664. The molecule has 0 saturated carbocycles. The summed E-state index contributed by atoms with van der Waals surface area (Å²) in [6.07, 6.45) is 0.909. The highest BCUT2D eigenvalue weighted by molar-refractivity contribution is 5.64. The number of non-ortho nitro benzene ring substituents is 1. The van der Waals surface area contributed by atoms with Crippen LogP contribution in [-0.2, 0) is 13.1 Å². The molecule has 0 saturated heterocycles. The Kier molecular flexibility index (Phi) is 4.09. The van der Waals surface area contributed by atoms with Crippen molar-refractivity contribution in [2.24, 2.45) is 5.73 Å². The summed E-state index contributed by atoms with van der Waals surface area (Å²) in [5.41, 5.74) is 7.35. The zero-order chi connectivity index (χ0) is 14.7. The van der Waals surface area contributed by atoms with Gasteiger partial charge >= 0.3 is 0 Å². The molecule has 2 aromatic rings. The third-order valence-corrected chi connectivity index (χ3v) is 3.13. The van der Waals surface area contributed by atoms with E-state index >= 15 is 0 Å². The van der Waals surface area contributed by atoms with E-state index in [1.54, 1.807) is 6.07 Å². The molecule has 106 valence electrons. The van der Waals surface area contributed by atoms with Crippen LogP contribution in [0.2, 0.25) is 0 Å². The first kappa shape index (κ1) is 14.1. The summed E-state index contributed by atoms with van der Waals surface area (Å²) in [5.74, 6) is 1.32. The number of hydrogen-bond donors (Lipinski definition) is 1. The molecule has 20 heavy (non-hydrogen) atoms. The topological polar surface area (TPSA) is 99.9 Å². The Morgan fingerprint density at radius 1 is 1.40 bits per heavy atom. The van der Waals surface area contributed by atoms with Gasteiger partial charge in [-0.2, -0.15) is 0 Å². The van der Waals surface area contributed by atoms with Gasteiger partial charge in [-0.15, -0.1) is 10.2 Å². The number of aryl methyl sites for hydroxylation is 1. The number of aromatic nitrogens is 3. The molecule has 1 aromatic heterocycles. The number of hydrogen-bond acceptors (Lipinski definition) is 5. The van der Waals surface area contributed by atoms with Crippen molar-refractivity contribution < 1.29 is 4.92 Å². The van der Waals surface area contributed by atoms with Gasteiger partial charge in [-0.3, -0.25) is 10.1 Å². The number of nitrogens with zero attached hydrogens (tertiary/aromatic N) is 4. The monoisotopic (exact) mass is 275 g/mol. The Morgan fingerprint density at radius 2 is 2.15 bits per heavy atom. The Morgan fingerprint density at radius 3 is 2.75 bits per heavy atom.